The van der Waals surface area contributed by atoms with Crippen molar-refractivity contribution in [2.45, 2.75) is 10.9 Å². The summed E-state index contributed by atoms with van der Waals surface area (Å²) in [4.78, 5) is 4.24. The van der Waals surface area contributed by atoms with Gasteiger partial charge < -0.3 is 0 Å². The van der Waals surface area contributed by atoms with Gasteiger partial charge in [-0.2, -0.15) is 9.98 Å². The fourth-order valence-electron chi connectivity index (χ4n) is 2.50. The zero-order valence-corrected chi connectivity index (χ0v) is 14.0. The highest BCUT2D eigenvalue weighted by molar-refractivity contribution is 7.89. The summed E-state index contributed by atoms with van der Waals surface area (Å²) >= 11 is 0. The molecular weight excluding hydrogens is 334 g/mol. The van der Waals surface area contributed by atoms with Gasteiger partial charge in [-0.1, -0.05) is 48.5 Å². The highest BCUT2D eigenvalue weighted by Gasteiger charge is 2.25. The molecule has 5 nitrogen and oxygen atoms in total. The van der Waals surface area contributed by atoms with Gasteiger partial charge in [-0.3, -0.25) is 4.98 Å². The van der Waals surface area contributed by atoms with Gasteiger partial charge in [0.05, 0.1) is 22.2 Å². The Morgan fingerprint density at radius 1 is 0.920 bits per heavy atom. The summed E-state index contributed by atoms with van der Waals surface area (Å²) < 4.78 is 28.4. The van der Waals surface area contributed by atoms with Gasteiger partial charge >= 0.3 is 0 Å². The second kappa shape index (κ2) is 7.26. The predicted molar refractivity (Wildman–Crippen MR) is 94.0 cm³/mol. The lowest BCUT2D eigenvalue weighted by atomic mass is 10.0. The Morgan fingerprint density at radius 2 is 1.60 bits per heavy atom. The molecular formula is C19H15N3O2S. The van der Waals surface area contributed by atoms with Gasteiger partial charge in [0.2, 0.25) is 10.0 Å². The zero-order valence-electron chi connectivity index (χ0n) is 13.2. The first-order chi connectivity index (χ1) is 12.1. The van der Waals surface area contributed by atoms with Gasteiger partial charge in [-0.25, -0.2) is 8.42 Å². The number of aromatic nitrogens is 1. The SMILES string of the molecule is N#Cc1ccccc1S(=O)(=O)N[C@@H](c1ccccc1)c1ccccn1. The second-order valence-electron chi connectivity index (χ2n) is 5.33. The monoisotopic (exact) mass is 349 g/mol. The minimum absolute atomic E-state index is 0.0469. The highest BCUT2D eigenvalue weighted by Crippen LogP contribution is 2.24. The Morgan fingerprint density at radius 3 is 2.28 bits per heavy atom. The molecule has 0 bridgehead atoms. The molecule has 6 heteroatoms. The summed E-state index contributed by atoms with van der Waals surface area (Å²) in [6.07, 6.45) is 1.61. The molecule has 0 aliphatic rings. The maximum atomic E-state index is 12.9. The number of benzene rings is 2. The van der Waals surface area contributed by atoms with Crippen molar-refractivity contribution in [2.75, 3.05) is 0 Å². The number of hydrogen-bond donors (Lipinski definition) is 1. The van der Waals surface area contributed by atoms with Crippen LogP contribution in [0.15, 0.2) is 83.9 Å². The molecule has 1 heterocycles. The summed E-state index contributed by atoms with van der Waals surface area (Å²) in [6, 6.07) is 21.9. The van der Waals surface area contributed by atoms with Crippen molar-refractivity contribution < 1.29 is 8.42 Å². The van der Waals surface area contributed by atoms with Crippen molar-refractivity contribution in [3.63, 3.8) is 0 Å². The maximum absolute atomic E-state index is 12.9. The van der Waals surface area contributed by atoms with Crippen LogP contribution < -0.4 is 4.72 Å². The first-order valence-electron chi connectivity index (χ1n) is 7.59. The molecule has 0 spiro atoms. The minimum atomic E-state index is -3.91. The summed E-state index contributed by atoms with van der Waals surface area (Å²) in [6.45, 7) is 0. The molecule has 0 amide bonds. The van der Waals surface area contributed by atoms with Gasteiger partial charge in [0.15, 0.2) is 0 Å². The Kier molecular flexibility index (Phi) is 4.89. The van der Waals surface area contributed by atoms with E-state index in [1.54, 1.807) is 36.5 Å². The quantitative estimate of drug-likeness (QED) is 0.767. The normalized spacial score (nSPS) is 12.3. The van der Waals surface area contributed by atoms with E-state index in [4.69, 9.17) is 0 Å². The van der Waals surface area contributed by atoms with Crippen molar-refractivity contribution >= 4 is 10.0 Å². The van der Waals surface area contributed by atoms with E-state index in [2.05, 4.69) is 9.71 Å². The molecule has 1 N–H and O–H groups in total. The predicted octanol–water partition coefficient (Wildman–Crippen LogP) is 3.02. The van der Waals surface area contributed by atoms with E-state index in [9.17, 15) is 13.7 Å². The standard InChI is InChI=1S/C19H15N3O2S/c20-14-16-10-4-5-12-18(16)25(23,24)22-19(15-8-2-1-3-9-15)17-11-6-7-13-21-17/h1-13,19,22H/t19-/m0/s1. The minimum Gasteiger partial charge on any atom is -0.259 e. The smallest absolute Gasteiger partial charge is 0.242 e. The van der Waals surface area contributed by atoms with Crippen LogP contribution in [0.25, 0.3) is 0 Å². The summed E-state index contributed by atoms with van der Waals surface area (Å²) in [5.74, 6) is 0. The molecule has 2 aromatic carbocycles. The fourth-order valence-corrected chi connectivity index (χ4v) is 3.86. The Hall–Kier alpha value is -3.01. The van der Waals surface area contributed by atoms with Crippen LogP contribution in [0.1, 0.15) is 22.9 Å². The van der Waals surface area contributed by atoms with E-state index in [0.717, 1.165) is 5.56 Å². The van der Waals surface area contributed by atoms with Crippen molar-refractivity contribution in [1.29, 1.82) is 5.26 Å². The van der Waals surface area contributed by atoms with Crippen molar-refractivity contribution in [3.8, 4) is 6.07 Å². The van der Waals surface area contributed by atoms with Crippen molar-refractivity contribution in [3.05, 3.63) is 95.8 Å². The molecule has 124 valence electrons. The van der Waals surface area contributed by atoms with Crippen LogP contribution in [-0.4, -0.2) is 13.4 Å². The van der Waals surface area contributed by atoms with E-state index >= 15 is 0 Å². The molecule has 0 unspecified atom stereocenters. The van der Waals surface area contributed by atoms with E-state index in [1.807, 2.05) is 36.4 Å². The van der Waals surface area contributed by atoms with Crippen LogP contribution in [0.3, 0.4) is 0 Å². The van der Waals surface area contributed by atoms with Gasteiger partial charge in [-0.15, -0.1) is 0 Å². The first-order valence-corrected chi connectivity index (χ1v) is 9.07. The maximum Gasteiger partial charge on any atom is 0.242 e. The summed E-state index contributed by atoms with van der Waals surface area (Å²) in [5, 5.41) is 9.20. The molecule has 0 radical (unpaired) electrons. The molecule has 0 aliphatic carbocycles. The molecule has 25 heavy (non-hydrogen) atoms. The van der Waals surface area contributed by atoms with E-state index in [1.165, 1.54) is 12.1 Å². The lowest BCUT2D eigenvalue weighted by Crippen LogP contribution is -2.30. The topological polar surface area (TPSA) is 82.8 Å². The molecule has 1 aromatic heterocycles. The zero-order chi connectivity index (χ0) is 17.7. The van der Waals surface area contributed by atoms with E-state index < -0.39 is 16.1 Å². The third-order valence-electron chi connectivity index (χ3n) is 3.69. The summed E-state index contributed by atoms with van der Waals surface area (Å²) in [5.41, 5.74) is 1.44. The van der Waals surface area contributed by atoms with Crippen LogP contribution >= 0.6 is 0 Å². The number of nitrogens with one attached hydrogen (secondary N) is 1. The van der Waals surface area contributed by atoms with Crippen molar-refractivity contribution in [1.82, 2.24) is 9.71 Å². The number of rotatable bonds is 5. The average Bonchev–Trinajstić information content (AvgIpc) is 2.67. The lowest BCUT2D eigenvalue weighted by Gasteiger charge is -2.19. The van der Waals surface area contributed by atoms with Gasteiger partial charge in [0.25, 0.3) is 0 Å². The first kappa shape index (κ1) is 16.8. The Balaban J connectivity index is 2.05. The molecule has 0 aliphatic heterocycles. The van der Waals surface area contributed by atoms with Gasteiger partial charge in [0.1, 0.15) is 6.07 Å². The lowest BCUT2D eigenvalue weighted by molar-refractivity contribution is 0.570. The average molecular weight is 349 g/mol. The number of sulfonamides is 1. The largest absolute Gasteiger partial charge is 0.259 e. The van der Waals surface area contributed by atoms with Crippen LogP contribution in [0, 0.1) is 11.3 Å². The van der Waals surface area contributed by atoms with Crippen LogP contribution in [0.5, 0.6) is 0 Å². The number of pyridine rings is 1. The third kappa shape index (κ3) is 3.74. The molecule has 0 fully saturated rings. The second-order valence-corrected chi connectivity index (χ2v) is 7.01. The van der Waals surface area contributed by atoms with Crippen LogP contribution in [-0.2, 0) is 10.0 Å². The number of nitriles is 1. The van der Waals surface area contributed by atoms with Crippen LogP contribution in [0.4, 0.5) is 0 Å². The Bertz CT molecular complexity index is 958. The number of nitrogens with zero attached hydrogens (tertiary/aromatic N) is 2. The van der Waals surface area contributed by atoms with E-state index in [-0.39, 0.29) is 10.5 Å². The highest BCUT2D eigenvalue weighted by atomic mass is 32.2. The molecule has 3 aromatic rings. The molecule has 1 atom stereocenters. The third-order valence-corrected chi connectivity index (χ3v) is 5.17. The van der Waals surface area contributed by atoms with E-state index in [0.29, 0.717) is 5.69 Å². The number of hydrogen-bond acceptors (Lipinski definition) is 4. The van der Waals surface area contributed by atoms with Crippen LogP contribution in [0.2, 0.25) is 0 Å². The Labute approximate surface area is 146 Å². The van der Waals surface area contributed by atoms with Crippen molar-refractivity contribution in [2.24, 2.45) is 0 Å². The molecule has 3 rings (SSSR count). The summed E-state index contributed by atoms with van der Waals surface area (Å²) in [7, 11) is -3.91. The fraction of sp³-hybridized carbons (Fsp3) is 0.0526. The van der Waals surface area contributed by atoms with Gasteiger partial charge in [0, 0.05) is 6.20 Å². The molecule has 0 saturated heterocycles. The molecule has 0 saturated carbocycles. The van der Waals surface area contributed by atoms with Gasteiger partial charge in [-0.05, 0) is 29.8 Å².